The van der Waals surface area contributed by atoms with Crippen LogP contribution >= 0.6 is 15.9 Å². The number of piperidine rings is 1. The molecule has 2 saturated heterocycles. The van der Waals surface area contributed by atoms with Gasteiger partial charge in [0.05, 0.1) is 6.04 Å². The second kappa shape index (κ2) is 9.26. The van der Waals surface area contributed by atoms with E-state index >= 15 is 0 Å². The van der Waals surface area contributed by atoms with Crippen molar-refractivity contribution in [3.8, 4) is 0 Å². The van der Waals surface area contributed by atoms with E-state index in [2.05, 4.69) is 38.3 Å². The van der Waals surface area contributed by atoms with Gasteiger partial charge in [0.25, 0.3) is 0 Å². The number of carbonyl (C=O) groups excluding carboxylic acids is 1. The van der Waals surface area contributed by atoms with Gasteiger partial charge in [0.2, 0.25) is 0 Å². The summed E-state index contributed by atoms with van der Waals surface area (Å²) in [4.78, 5) is 16.7. The van der Waals surface area contributed by atoms with Gasteiger partial charge < -0.3 is 15.1 Å². The highest BCUT2D eigenvalue weighted by atomic mass is 79.9. The number of hydrogen-bond donors (Lipinski definition) is 1. The molecular weight excluding hydrogens is 433 g/mol. The quantitative estimate of drug-likeness (QED) is 0.692. The summed E-state index contributed by atoms with van der Waals surface area (Å²) in [6.45, 7) is 4.37. The Labute approximate surface area is 180 Å². The first-order valence-electron chi connectivity index (χ1n) is 10.3. The molecule has 1 atom stereocenters. The Morgan fingerprint density at radius 2 is 1.86 bits per heavy atom. The molecule has 0 bridgehead atoms. The largest absolute Gasteiger partial charge is 0.332 e. The Hall–Kier alpha value is -1.92. The minimum Gasteiger partial charge on any atom is -0.332 e. The molecule has 0 spiro atoms. The summed E-state index contributed by atoms with van der Waals surface area (Å²) >= 11 is 3.54. The molecule has 0 aliphatic carbocycles. The zero-order valence-electron chi connectivity index (χ0n) is 16.5. The third-order valence-electron chi connectivity index (χ3n) is 5.97. The van der Waals surface area contributed by atoms with Gasteiger partial charge in [0.1, 0.15) is 5.82 Å². The van der Waals surface area contributed by atoms with Crippen molar-refractivity contribution in [2.75, 3.05) is 26.2 Å². The summed E-state index contributed by atoms with van der Waals surface area (Å²) in [5, 5.41) is 3.13. The second-order valence-electron chi connectivity index (χ2n) is 8.20. The third kappa shape index (κ3) is 5.37. The molecule has 2 aliphatic rings. The van der Waals surface area contributed by atoms with Gasteiger partial charge in [-0.05, 0) is 67.6 Å². The first-order valence-corrected chi connectivity index (χ1v) is 11.1. The average molecular weight is 460 g/mol. The van der Waals surface area contributed by atoms with Gasteiger partial charge in [0, 0.05) is 24.1 Å². The molecule has 29 heavy (non-hydrogen) atoms. The number of urea groups is 1. The molecule has 0 radical (unpaired) electrons. The van der Waals surface area contributed by atoms with Gasteiger partial charge in [-0.1, -0.05) is 46.3 Å². The van der Waals surface area contributed by atoms with Crippen LogP contribution in [0.15, 0.2) is 53.0 Å². The van der Waals surface area contributed by atoms with Crippen molar-refractivity contribution in [2.45, 2.75) is 31.8 Å². The highest BCUT2D eigenvalue weighted by molar-refractivity contribution is 9.10. The molecule has 1 N–H and O–H groups in total. The van der Waals surface area contributed by atoms with E-state index < -0.39 is 0 Å². The summed E-state index contributed by atoms with van der Waals surface area (Å²) in [6.07, 6.45) is 3.13. The van der Waals surface area contributed by atoms with Crippen LogP contribution in [0.3, 0.4) is 0 Å². The van der Waals surface area contributed by atoms with E-state index in [1.807, 2.05) is 23.1 Å². The summed E-state index contributed by atoms with van der Waals surface area (Å²) < 4.78 is 14.5. The Kier molecular flexibility index (Phi) is 6.50. The van der Waals surface area contributed by atoms with Gasteiger partial charge in [-0.25, -0.2) is 9.18 Å². The monoisotopic (exact) mass is 459 g/mol. The second-order valence-corrected chi connectivity index (χ2v) is 9.05. The van der Waals surface area contributed by atoms with E-state index in [9.17, 15) is 9.18 Å². The van der Waals surface area contributed by atoms with Crippen LogP contribution in [-0.4, -0.2) is 48.1 Å². The lowest BCUT2D eigenvalue weighted by molar-refractivity contribution is 0.171. The SMILES string of the molecule is O=C1NC(CN2CCC(Cc3cc(F)ccc3Br)CC2)CN1Cc1ccccc1. The van der Waals surface area contributed by atoms with Gasteiger partial charge in [-0.3, -0.25) is 0 Å². The van der Waals surface area contributed by atoms with E-state index in [0.29, 0.717) is 12.5 Å². The van der Waals surface area contributed by atoms with Crippen molar-refractivity contribution < 1.29 is 9.18 Å². The van der Waals surface area contributed by atoms with Crippen molar-refractivity contribution in [3.05, 3.63) is 69.9 Å². The number of benzene rings is 2. The lowest BCUT2D eigenvalue weighted by Gasteiger charge is -2.33. The van der Waals surface area contributed by atoms with Crippen LogP contribution in [0.1, 0.15) is 24.0 Å². The van der Waals surface area contributed by atoms with Crippen molar-refractivity contribution in [1.29, 1.82) is 0 Å². The van der Waals surface area contributed by atoms with E-state index in [-0.39, 0.29) is 17.9 Å². The number of halogens is 2. The summed E-state index contributed by atoms with van der Waals surface area (Å²) in [7, 11) is 0. The van der Waals surface area contributed by atoms with Crippen LogP contribution in [0.2, 0.25) is 0 Å². The molecular formula is C23H27BrFN3O. The predicted molar refractivity (Wildman–Crippen MR) is 116 cm³/mol. The summed E-state index contributed by atoms with van der Waals surface area (Å²) in [6, 6.07) is 15.3. The predicted octanol–water partition coefficient (Wildman–Crippen LogP) is 4.44. The van der Waals surface area contributed by atoms with E-state index in [1.165, 1.54) is 6.07 Å². The molecule has 6 heteroatoms. The lowest BCUT2D eigenvalue weighted by Crippen LogP contribution is -2.43. The fourth-order valence-electron chi connectivity index (χ4n) is 4.40. The van der Waals surface area contributed by atoms with Crippen molar-refractivity contribution in [2.24, 2.45) is 5.92 Å². The maximum Gasteiger partial charge on any atom is 0.318 e. The highest BCUT2D eigenvalue weighted by Crippen LogP contribution is 2.26. The van der Waals surface area contributed by atoms with Crippen molar-refractivity contribution >= 4 is 22.0 Å². The number of hydrogen-bond acceptors (Lipinski definition) is 2. The standard InChI is InChI=1S/C23H27BrFN3O/c24-22-7-6-20(25)13-19(22)12-17-8-10-27(11-9-17)15-21-16-28(23(29)26-21)14-18-4-2-1-3-5-18/h1-7,13,17,21H,8-12,14-16H2,(H,26,29). The molecule has 1 unspecified atom stereocenters. The molecule has 2 aliphatic heterocycles. The van der Waals surface area contributed by atoms with Crippen molar-refractivity contribution in [3.63, 3.8) is 0 Å². The molecule has 0 aromatic heterocycles. The zero-order valence-corrected chi connectivity index (χ0v) is 18.1. The molecule has 0 saturated carbocycles. The molecule has 2 fully saturated rings. The molecule has 2 aromatic rings. The fraction of sp³-hybridized carbons (Fsp3) is 0.435. The molecule has 2 amide bonds. The first-order chi connectivity index (χ1) is 14.1. The van der Waals surface area contributed by atoms with Crippen LogP contribution in [0.25, 0.3) is 0 Å². The van der Waals surface area contributed by atoms with Gasteiger partial charge >= 0.3 is 6.03 Å². The van der Waals surface area contributed by atoms with Crippen LogP contribution in [0, 0.1) is 11.7 Å². The smallest absolute Gasteiger partial charge is 0.318 e. The summed E-state index contributed by atoms with van der Waals surface area (Å²) in [5.41, 5.74) is 2.22. The maximum absolute atomic E-state index is 13.5. The average Bonchev–Trinajstić information content (AvgIpc) is 3.06. The Morgan fingerprint density at radius 1 is 1.10 bits per heavy atom. The molecule has 2 aromatic carbocycles. The number of likely N-dealkylation sites (tertiary alicyclic amines) is 1. The van der Waals surface area contributed by atoms with Crippen LogP contribution in [0.4, 0.5) is 9.18 Å². The lowest BCUT2D eigenvalue weighted by atomic mass is 9.90. The van der Waals surface area contributed by atoms with Crippen LogP contribution in [-0.2, 0) is 13.0 Å². The van der Waals surface area contributed by atoms with Gasteiger partial charge in [-0.15, -0.1) is 0 Å². The topological polar surface area (TPSA) is 35.6 Å². The molecule has 2 heterocycles. The van der Waals surface area contributed by atoms with E-state index in [0.717, 1.165) is 61.0 Å². The van der Waals surface area contributed by atoms with Crippen molar-refractivity contribution in [1.82, 2.24) is 15.1 Å². The third-order valence-corrected chi connectivity index (χ3v) is 6.75. The molecule has 4 rings (SSSR count). The minimum absolute atomic E-state index is 0.0321. The summed E-state index contributed by atoms with van der Waals surface area (Å²) in [5.74, 6) is 0.412. The number of rotatable bonds is 6. The Morgan fingerprint density at radius 3 is 2.62 bits per heavy atom. The molecule has 154 valence electrons. The van der Waals surface area contributed by atoms with Crippen LogP contribution in [0.5, 0.6) is 0 Å². The normalized spacial score (nSPS) is 20.8. The Balaban J connectivity index is 1.24. The van der Waals surface area contributed by atoms with Gasteiger partial charge in [-0.2, -0.15) is 0 Å². The van der Waals surface area contributed by atoms with Gasteiger partial charge in [0.15, 0.2) is 0 Å². The number of amides is 2. The zero-order chi connectivity index (χ0) is 20.2. The fourth-order valence-corrected chi connectivity index (χ4v) is 4.81. The minimum atomic E-state index is -0.169. The number of nitrogens with zero attached hydrogens (tertiary/aromatic N) is 2. The maximum atomic E-state index is 13.5. The first kappa shape index (κ1) is 20.4. The van der Waals surface area contributed by atoms with E-state index in [1.54, 1.807) is 12.1 Å². The molecule has 4 nitrogen and oxygen atoms in total. The van der Waals surface area contributed by atoms with E-state index in [4.69, 9.17) is 0 Å². The number of nitrogens with one attached hydrogen (secondary N) is 1. The Bertz CT molecular complexity index is 839. The highest BCUT2D eigenvalue weighted by Gasteiger charge is 2.31. The number of carbonyl (C=O) groups is 1. The van der Waals surface area contributed by atoms with Crippen LogP contribution < -0.4 is 5.32 Å².